The van der Waals surface area contributed by atoms with Crippen molar-refractivity contribution in [2.75, 3.05) is 0 Å². The number of ketones is 1. The number of carbonyl (C=O) groups excluding carboxylic acids is 1. The van der Waals surface area contributed by atoms with Crippen LogP contribution < -0.4 is 4.74 Å². The molecule has 0 fully saturated rings. The summed E-state index contributed by atoms with van der Waals surface area (Å²) in [6.45, 7) is 10.2. The van der Waals surface area contributed by atoms with Crippen molar-refractivity contribution in [3.05, 3.63) is 44.9 Å². The lowest BCUT2D eigenvalue weighted by atomic mass is 10.1. The van der Waals surface area contributed by atoms with Gasteiger partial charge in [0, 0.05) is 6.92 Å². The minimum Gasteiger partial charge on any atom is -0.486 e. The number of thiazole rings is 1. The number of aromatic nitrogens is 1. The third kappa shape index (κ3) is 3.70. The second kappa shape index (κ2) is 6.39. The first kappa shape index (κ1) is 15.7. The molecule has 3 nitrogen and oxygen atoms in total. The fraction of sp³-hybridized carbons (Fsp3) is 0.412. The van der Waals surface area contributed by atoms with Crippen molar-refractivity contribution in [1.29, 1.82) is 0 Å². The van der Waals surface area contributed by atoms with Gasteiger partial charge in [0.05, 0.1) is 10.6 Å². The van der Waals surface area contributed by atoms with Gasteiger partial charge in [0.1, 0.15) is 17.4 Å². The number of ether oxygens (including phenoxy) is 1. The second-order valence-corrected chi connectivity index (χ2v) is 6.67. The number of hydrogen-bond acceptors (Lipinski definition) is 4. The van der Waals surface area contributed by atoms with Crippen molar-refractivity contribution < 1.29 is 9.53 Å². The maximum absolute atomic E-state index is 11.7. The van der Waals surface area contributed by atoms with Crippen LogP contribution in [0.25, 0.3) is 0 Å². The molecule has 1 aromatic heterocycles. The van der Waals surface area contributed by atoms with E-state index in [1.165, 1.54) is 16.9 Å². The van der Waals surface area contributed by atoms with Gasteiger partial charge in [-0.3, -0.25) is 4.79 Å². The number of nitrogens with zero attached hydrogens (tertiary/aromatic N) is 1. The predicted octanol–water partition coefficient (Wildman–Crippen LogP) is 4.66. The van der Waals surface area contributed by atoms with E-state index in [9.17, 15) is 4.79 Å². The molecule has 1 heterocycles. The van der Waals surface area contributed by atoms with Crippen molar-refractivity contribution in [3.63, 3.8) is 0 Å². The van der Waals surface area contributed by atoms with Gasteiger partial charge in [0.25, 0.3) is 0 Å². The molecule has 21 heavy (non-hydrogen) atoms. The molecule has 0 aliphatic heterocycles. The van der Waals surface area contributed by atoms with Gasteiger partial charge in [0.15, 0.2) is 5.78 Å². The number of hydrogen-bond donors (Lipinski definition) is 0. The third-order valence-electron chi connectivity index (χ3n) is 3.26. The molecule has 1 aromatic carbocycles. The first-order chi connectivity index (χ1) is 9.88. The summed E-state index contributed by atoms with van der Waals surface area (Å²) < 4.78 is 5.87. The van der Waals surface area contributed by atoms with Crippen LogP contribution in [0, 0.1) is 13.8 Å². The molecule has 0 aliphatic carbocycles. The summed E-state index contributed by atoms with van der Waals surface area (Å²) in [5.41, 5.74) is 3.15. The number of Topliss-reactive ketones (excluding diaryl/α,β-unsaturated/α-hetero) is 1. The second-order valence-electron chi connectivity index (χ2n) is 5.59. The predicted molar refractivity (Wildman–Crippen MR) is 86.5 cm³/mol. The minimum absolute atomic E-state index is 0.0780. The van der Waals surface area contributed by atoms with Crippen LogP contribution in [-0.2, 0) is 6.61 Å². The number of rotatable bonds is 5. The molecule has 0 amide bonds. The van der Waals surface area contributed by atoms with E-state index in [-0.39, 0.29) is 11.7 Å². The molecule has 0 saturated heterocycles. The van der Waals surface area contributed by atoms with Crippen LogP contribution in [0.5, 0.6) is 5.75 Å². The molecule has 0 aliphatic rings. The minimum atomic E-state index is 0.0780. The Balaban J connectivity index is 2.19. The van der Waals surface area contributed by atoms with E-state index in [1.807, 2.05) is 26.0 Å². The maximum Gasteiger partial charge on any atom is 0.171 e. The Morgan fingerprint density at radius 1 is 1.33 bits per heavy atom. The highest BCUT2D eigenvalue weighted by Gasteiger charge is 2.17. The van der Waals surface area contributed by atoms with Crippen LogP contribution in [0.3, 0.4) is 0 Å². The summed E-state index contributed by atoms with van der Waals surface area (Å²) in [6, 6.07) is 6.14. The average molecular weight is 303 g/mol. The van der Waals surface area contributed by atoms with Crippen LogP contribution in [-0.4, -0.2) is 10.8 Å². The zero-order chi connectivity index (χ0) is 15.6. The van der Waals surface area contributed by atoms with Gasteiger partial charge in [-0.2, -0.15) is 0 Å². The number of benzene rings is 1. The Kier molecular flexibility index (Phi) is 4.78. The quantitative estimate of drug-likeness (QED) is 0.754. The Labute approximate surface area is 130 Å². The Hall–Kier alpha value is -1.68. The maximum atomic E-state index is 11.7. The largest absolute Gasteiger partial charge is 0.486 e. The number of aryl methyl sites for hydroxylation is 2. The van der Waals surface area contributed by atoms with Crippen LogP contribution >= 0.6 is 11.3 Å². The highest BCUT2D eigenvalue weighted by Crippen LogP contribution is 2.27. The van der Waals surface area contributed by atoms with Crippen LogP contribution in [0.2, 0.25) is 0 Å². The summed E-state index contributed by atoms with van der Waals surface area (Å²) in [7, 11) is 0. The van der Waals surface area contributed by atoms with E-state index in [4.69, 9.17) is 4.74 Å². The molecule has 0 radical (unpaired) electrons. The molecular formula is C17H21NO2S. The lowest BCUT2D eigenvalue weighted by molar-refractivity contribution is 0.102. The van der Waals surface area contributed by atoms with E-state index >= 15 is 0 Å². The molecule has 0 bridgehead atoms. The van der Waals surface area contributed by atoms with Crippen molar-refractivity contribution in [3.8, 4) is 5.75 Å². The third-order valence-corrected chi connectivity index (χ3v) is 4.40. The fourth-order valence-electron chi connectivity index (χ4n) is 2.09. The molecule has 0 unspecified atom stereocenters. The average Bonchev–Trinajstić information content (AvgIpc) is 2.84. The van der Waals surface area contributed by atoms with Crippen molar-refractivity contribution in [1.82, 2.24) is 4.98 Å². The van der Waals surface area contributed by atoms with Gasteiger partial charge < -0.3 is 4.74 Å². The summed E-state index contributed by atoms with van der Waals surface area (Å²) in [6.07, 6.45) is 0. The molecule has 2 rings (SSSR count). The van der Waals surface area contributed by atoms with Crippen molar-refractivity contribution in [2.24, 2.45) is 0 Å². The summed E-state index contributed by atoms with van der Waals surface area (Å²) in [5.74, 6) is 1.20. The van der Waals surface area contributed by atoms with E-state index in [1.54, 1.807) is 6.92 Å². The van der Waals surface area contributed by atoms with E-state index < -0.39 is 0 Å². The van der Waals surface area contributed by atoms with E-state index in [0.717, 1.165) is 26.9 Å². The molecule has 0 spiro atoms. The highest BCUT2D eigenvalue weighted by molar-refractivity contribution is 7.13. The Morgan fingerprint density at radius 3 is 2.62 bits per heavy atom. The SMILES string of the molecule is CC(=O)c1sc(COc2cc(C)ccc2C)nc1C(C)C. The van der Waals surface area contributed by atoms with Crippen molar-refractivity contribution >= 4 is 17.1 Å². The molecule has 4 heteroatoms. The van der Waals surface area contributed by atoms with Gasteiger partial charge in [-0.1, -0.05) is 26.0 Å². The lowest BCUT2D eigenvalue weighted by Gasteiger charge is -2.08. The smallest absolute Gasteiger partial charge is 0.171 e. The number of carbonyl (C=O) groups is 1. The van der Waals surface area contributed by atoms with Gasteiger partial charge in [-0.15, -0.1) is 11.3 Å². The molecule has 0 N–H and O–H groups in total. The Morgan fingerprint density at radius 2 is 2.05 bits per heavy atom. The molecule has 0 saturated carbocycles. The van der Waals surface area contributed by atoms with Gasteiger partial charge in [-0.25, -0.2) is 4.98 Å². The zero-order valence-electron chi connectivity index (χ0n) is 13.2. The monoisotopic (exact) mass is 303 g/mol. The summed E-state index contributed by atoms with van der Waals surface area (Å²) >= 11 is 1.44. The van der Waals surface area contributed by atoms with Gasteiger partial charge in [-0.05, 0) is 37.0 Å². The molecule has 0 atom stereocenters. The summed E-state index contributed by atoms with van der Waals surface area (Å²) in [4.78, 5) is 17.0. The van der Waals surface area contributed by atoms with Crippen LogP contribution in [0.15, 0.2) is 18.2 Å². The Bertz CT molecular complexity index is 659. The van der Waals surface area contributed by atoms with Crippen LogP contribution in [0.4, 0.5) is 0 Å². The molecular weight excluding hydrogens is 282 g/mol. The molecule has 112 valence electrons. The topological polar surface area (TPSA) is 39.2 Å². The highest BCUT2D eigenvalue weighted by atomic mass is 32.1. The zero-order valence-corrected chi connectivity index (χ0v) is 14.0. The van der Waals surface area contributed by atoms with E-state index in [2.05, 4.69) is 24.9 Å². The normalized spacial score (nSPS) is 11.0. The first-order valence-electron chi connectivity index (χ1n) is 7.09. The van der Waals surface area contributed by atoms with Gasteiger partial charge >= 0.3 is 0 Å². The first-order valence-corrected chi connectivity index (χ1v) is 7.90. The summed E-state index contributed by atoms with van der Waals surface area (Å²) in [5, 5.41) is 0.852. The molecule has 2 aromatic rings. The van der Waals surface area contributed by atoms with E-state index in [0.29, 0.717) is 6.61 Å². The van der Waals surface area contributed by atoms with Crippen molar-refractivity contribution in [2.45, 2.75) is 47.1 Å². The fourth-order valence-corrected chi connectivity index (χ4v) is 3.11. The van der Waals surface area contributed by atoms with Crippen LogP contribution in [0.1, 0.15) is 58.2 Å². The lowest BCUT2D eigenvalue weighted by Crippen LogP contribution is -1.99. The van der Waals surface area contributed by atoms with Gasteiger partial charge in [0.2, 0.25) is 0 Å². The standard InChI is InChI=1S/C17H21NO2S/c1-10(2)16-17(13(5)19)21-15(18-16)9-20-14-8-11(3)6-7-12(14)4/h6-8,10H,9H2,1-5H3.